The monoisotopic (exact) mass is 367 g/mol. The van der Waals surface area contributed by atoms with Crippen molar-refractivity contribution in [2.75, 3.05) is 19.5 Å². The van der Waals surface area contributed by atoms with E-state index in [4.69, 9.17) is 13.9 Å². The van der Waals surface area contributed by atoms with Crippen LogP contribution in [0.5, 0.6) is 11.5 Å². The number of nitrogens with one attached hydrogen (secondary N) is 1. The van der Waals surface area contributed by atoms with Gasteiger partial charge in [-0.2, -0.15) is 0 Å². The van der Waals surface area contributed by atoms with Crippen LogP contribution in [0.25, 0.3) is 11.5 Å². The lowest BCUT2D eigenvalue weighted by Crippen LogP contribution is -2.14. The van der Waals surface area contributed by atoms with Crippen LogP contribution in [0.15, 0.2) is 40.8 Å². The number of aryl methyl sites for hydroxylation is 2. The summed E-state index contributed by atoms with van der Waals surface area (Å²) in [5.41, 5.74) is 3.93. The molecule has 0 spiro atoms. The normalized spacial score (nSPS) is 10.5. The highest BCUT2D eigenvalue weighted by Gasteiger charge is 2.14. The smallest absolute Gasteiger partial charge is 0.322 e. The molecule has 0 aliphatic carbocycles. The van der Waals surface area contributed by atoms with Gasteiger partial charge in [0, 0.05) is 5.56 Å². The summed E-state index contributed by atoms with van der Waals surface area (Å²) in [6.07, 6.45) is 0.231. The maximum absolute atomic E-state index is 12.2. The van der Waals surface area contributed by atoms with Crippen molar-refractivity contribution in [3.8, 4) is 23.0 Å². The second-order valence-corrected chi connectivity index (χ2v) is 6.13. The predicted molar refractivity (Wildman–Crippen MR) is 101 cm³/mol. The topological polar surface area (TPSA) is 86.5 Å². The zero-order valence-electron chi connectivity index (χ0n) is 15.7. The van der Waals surface area contributed by atoms with Gasteiger partial charge >= 0.3 is 6.01 Å². The SMILES string of the molecule is COc1ccc(-c2nnc(NC(=O)Cc3ccc(C)c(C)c3)o2)cc1OC. The minimum absolute atomic E-state index is 0.0496. The van der Waals surface area contributed by atoms with Crippen LogP contribution in [-0.2, 0) is 11.2 Å². The Bertz CT molecular complexity index is 966. The summed E-state index contributed by atoms with van der Waals surface area (Å²) >= 11 is 0. The molecule has 0 atom stereocenters. The summed E-state index contributed by atoms with van der Waals surface area (Å²) in [5.74, 6) is 1.20. The average molecular weight is 367 g/mol. The number of benzene rings is 2. The van der Waals surface area contributed by atoms with E-state index in [1.54, 1.807) is 32.4 Å². The highest BCUT2D eigenvalue weighted by atomic mass is 16.5. The van der Waals surface area contributed by atoms with E-state index in [1.165, 1.54) is 5.56 Å². The van der Waals surface area contributed by atoms with Gasteiger partial charge in [0.05, 0.1) is 20.6 Å². The number of ether oxygens (including phenoxy) is 2. The third kappa shape index (κ3) is 4.25. The van der Waals surface area contributed by atoms with Crippen LogP contribution in [0.4, 0.5) is 6.01 Å². The Morgan fingerprint density at radius 1 is 1.00 bits per heavy atom. The maximum Gasteiger partial charge on any atom is 0.322 e. The highest BCUT2D eigenvalue weighted by molar-refractivity contribution is 5.90. The van der Waals surface area contributed by atoms with E-state index < -0.39 is 0 Å². The van der Waals surface area contributed by atoms with Gasteiger partial charge in [-0.15, -0.1) is 5.10 Å². The summed E-state index contributed by atoms with van der Waals surface area (Å²) in [6, 6.07) is 11.2. The second-order valence-electron chi connectivity index (χ2n) is 6.13. The van der Waals surface area contributed by atoms with E-state index in [-0.39, 0.29) is 24.2 Å². The molecular formula is C20H21N3O4. The molecule has 0 saturated heterocycles. The minimum atomic E-state index is -0.222. The summed E-state index contributed by atoms with van der Waals surface area (Å²) in [4.78, 5) is 12.2. The molecule has 27 heavy (non-hydrogen) atoms. The standard InChI is InChI=1S/C20H21N3O4/c1-12-5-6-14(9-13(12)2)10-18(24)21-20-23-22-19(27-20)15-7-8-16(25-3)17(11-15)26-4/h5-9,11H,10H2,1-4H3,(H,21,23,24). The fourth-order valence-corrected chi connectivity index (χ4v) is 2.62. The van der Waals surface area contributed by atoms with Gasteiger partial charge in [-0.1, -0.05) is 23.3 Å². The first-order valence-electron chi connectivity index (χ1n) is 8.42. The zero-order chi connectivity index (χ0) is 19.4. The van der Waals surface area contributed by atoms with Crippen LogP contribution in [0, 0.1) is 13.8 Å². The first-order chi connectivity index (χ1) is 13.0. The van der Waals surface area contributed by atoms with Gasteiger partial charge in [0.2, 0.25) is 11.8 Å². The summed E-state index contributed by atoms with van der Waals surface area (Å²) in [7, 11) is 3.11. The van der Waals surface area contributed by atoms with Gasteiger partial charge in [-0.3, -0.25) is 10.1 Å². The third-order valence-electron chi connectivity index (χ3n) is 4.24. The van der Waals surface area contributed by atoms with Crippen LogP contribution < -0.4 is 14.8 Å². The number of aromatic nitrogens is 2. The zero-order valence-corrected chi connectivity index (χ0v) is 15.7. The molecule has 0 bridgehead atoms. The maximum atomic E-state index is 12.2. The molecule has 140 valence electrons. The van der Waals surface area contributed by atoms with Crippen LogP contribution in [0.2, 0.25) is 0 Å². The molecule has 1 aromatic heterocycles. The molecule has 3 rings (SSSR count). The first kappa shape index (κ1) is 18.4. The van der Waals surface area contributed by atoms with E-state index in [2.05, 4.69) is 15.5 Å². The molecule has 1 heterocycles. The molecule has 2 aromatic carbocycles. The quantitative estimate of drug-likeness (QED) is 0.717. The van der Waals surface area contributed by atoms with Gasteiger partial charge < -0.3 is 13.9 Å². The minimum Gasteiger partial charge on any atom is -0.493 e. The Labute approximate surface area is 157 Å². The number of anilines is 1. The van der Waals surface area contributed by atoms with Crippen molar-refractivity contribution < 1.29 is 18.7 Å². The van der Waals surface area contributed by atoms with Crippen molar-refractivity contribution in [2.45, 2.75) is 20.3 Å². The van der Waals surface area contributed by atoms with Gasteiger partial charge in [0.15, 0.2) is 11.5 Å². The molecule has 1 N–H and O–H groups in total. The molecular weight excluding hydrogens is 346 g/mol. The summed E-state index contributed by atoms with van der Waals surface area (Å²) in [6.45, 7) is 4.05. The van der Waals surface area contributed by atoms with Gasteiger partial charge in [0.25, 0.3) is 0 Å². The van der Waals surface area contributed by atoms with Crippen molar-refractivity contribution in [2.24, 2.45) is 0 Å². The van der Waals surface area contributed by atoms with Crippen molar-refractivity contribution >= 4 is 11.9 Å². The molecule has 0 radical (unpaired) electrons. The van der Waals surface area contributed by atoms with Gasteiger partial charge in [-0.05, 0) is 48.7 Å². The number of hydrogen-bond acceptors (Lipinski definition) is 6. The fourth-order valence-electron chi connectivity index (χ4n) is 2.62. The lowest BCUT2D eigenvalue weighted by Gasteiger charge is -2.07. The highest BCUT2D eigenvalue weighted by Crippen LogP contribution is 2.32. The summed E-state index contributed by atoms with van der Waals surface area (Å²) in [5, 5.41) is 10.5. The van der Waals surface area contributed by atoms with Crippen LogP contribution in [-0.4, -0.2) is 30.3 Å². The molecule has 0 saturated carbocycles. The molecule has 1 amide bonds. The molecule has 0 unspecified atom stereocenters. The van der Waals surface area contributed by atoms with Crippen LogP contribution in [0.3, 0.4) is 0 Å². The Kier molecular flexibility index (Phi) is 5.40. The Hall–Kier alpha value is -3.35. The number of carbonyl (C=O) groups is 1. The third-order valence-corrected chi connectivity index (χ3v) is 4.24. The average Bonchev–Trinajstić information content (AvgIpc) is 3.12. The van der Waals surface area contributed by atoms with Gasteiger partial charge in [-0.25, -0.2) is 0 Å². The number of nitrogens with zero attached hydrogens (tertiary/aromatic N) is 2. The van der Waals surface area contributed by atoms with Crippen molar-refractivity contribution in [1.29, 1.82) is 0 Å². The Balaban J connectivity index is 1.70. The van der Waals surface area contributed by atoms with E-state index in [1.807, 2.05) is 32.0 Å². The van der Waals surface area contributed by atoms with Crippen molar-refractivity contribution in [3.63, 3.8) is 0 Å². The molecule has 0 aliphatic rings. The second kappa shape index (κ2) is 7.90. The van der Waals surface area contributed by atoms with E-state index in [9.17, 15) is 4.79 Å². The number of carbonyl (C=O) groups excluding carboxylic acids is 1. The van der Waals surface area contributed by atoms with Crippen molar-refractivity contribution in [3.05, 3.63) is 53.1 Å². The summed E-state index contributed by atoms with van der Waals surface area (Å²) < 4.78 is 16.0. The lowest BCUT2D eigenvalue weighted by atomic mass is 10.0. The molecule has 0 aliphatic heterocycles. The number of amides is 1. The molecule has 7 heteroatoms. The lowest BCUT2D eigenvalue weighted by molar-refractivity contribution is -0.115. The predicted octanol–water partition coefficient (Wildman–Crippen LogP) is 3.55. The Morgan fingerprint density at radius 2 is 1.78 bits per heavy atom. The number of hydrogen-bond donors (Lipinski definition) is 1. The van der Waals surface area contributed by atoms with Crippen LogP contribution in [0.1, 0.15) is 16.7 Å². The van der Waals surface area contributed by atoms with Crippen molar-refractivity contribution in [1.82, 2.24) is 10.2 Å². The van der Waals surface area contributed by atoms with Gasteiger partial charge in [0.1, 0.15) is 0 Å². The Morgan fingerprint density at radius 3 is 2.48 bits per heavy atom. The largest absolute Gasteiger partial charge is 0.493 e. The molecule has 7 nitrogen and oxygen atoms in total. The van der Waals surface area contributed by atoms with E-state index in [0.29, 0.717) is 17.1 Å². The first-order valence-corrected chi connectivity index (χ1v) is 8.42. The number of rotatable bonds is 6. The van der Waals surface area contributed by atoms with E-state index >= 15 is 0 Å². The fraction of sp³-hybridized carbons (Fsp3) is 0.250. The number of methoxy groups -OCH3 is 2. The van der Waals surface area contributed by atoms with Crippen LogP contribution >= 0.6 is 0 Å². The molecule has 0 fully saturated rings. The van der Waals surface area contributed by atoms with E-state index in [0.717, 1.165) is 11.1 Å². The molecule has 3 aromatic rings.